The summed E-state index contributed by atoms with van der Waals surface area (Å²) in [5.41, 5.74) is 1.32. The van der Waals surface area contributed by atoms with E-state index in [1.54, 1.807) is 12.4 Å². The third-order valence-corrected chi connectivity index (χ3v) is 2.30. The Morgan fingerprint density at radius 1 is 1.43 bits per heavy atom. The Kier molecular flexibility index (Phi) is 3.74. The minimum absolute atomic E-state index is 0.0897. The fraction of sp³-hybridized carbons (Fsp3) is 0.545. The highest BCUT2D eigenvalue weighted by Gasteiger charge is 2.11. The van der Waals surface area contributed by atoms with Gasteiger partial charge >= 0.3 is 0 Å². The molecule has 3 nitrogen and oxygen atoms in total. The number of nitrogens with zero attached hydrogens (tertiary/aromatic N) is 2. The van der Waals surface area contributed by atoms with E-state index in [0.29, 0.717) is 18.0 Å². The van der Waals surface area contributed by atoms with Crippen LogP contribution in [0.2, 0.25) is 0 Å². The maximum absolute atomic E-state index is 11.6. The van der Waals surface area contributed by atoms with E-state index >= 15 is 0 Å². The van der Waals surface area contributed by atoms with Gasteiger partial charge in [0.05, 0.1) is 11.9 Å². The number of ketones is 1. The summed E-state index contributed by atoms with van der Waals surface area (Å²) >= 11 is 0. The Morgan fingerprint density at radius 2 is 2.14 bits per heavy atom. The zero-order chi connectivity index (χ0) is 10.6. The van der Waals surface area contributed by atoms with Crippen molar-refractivity contribution in [3.05, 3.63) is 23.8 Å². The maximum atomic E-state index is 11.6. The molecular weight excluding hydrogens is 176 g/mol. The molecule has 0 saturated carbocycles. The SMILES string of the molecule is CCC(C)CC(=O)c1cnc(C)cn1. The van der Waals surface area contributed by atoms with Crippen molar-refractivity contribution in [3.63, 3.8) is 0 Å². The van der Waals surface area contributed by atoms with Crippen LogP contribution >= 0.6 is 0 Å². The summed E-state index contributed by atoms with van der Waals surface area (Å²) in [7, 11) is 0. The average molecular weight is 192 g/mol. The number of aromatic nitrogens is 2. The molecule has 14 heavy (non-hydrogen) atoms. The first-order chi connectivity index (χ1) is 6.63. The molecule has 76 valence electrons. The molecule has 0 bridgehead atoms. The fourth-order valence-electron chi connectivity index (χ4n) is 1.10. The van der Waals surface area contributed by atoms with Crippen molar-refractivity contribution >= 4 is 5.78 Å². The third-order valence-electron chi connectivity index (χ3n) is 2.30. The van der Waals surface area contributed by atoms with Gasteiger partial charge in [0.15, 0.2) is 5.78 Å². The lowest BCUT2D eigenvalue weighted by Crippen LogP contribution is -2.07. The maximum Gasteiger partial charge on any atom is 0.183 e. The monoisotopic (exact) mass is 192 g/mol. The topological polar surface area (TPSA) is 42.9 Å². The molecule has 0 radical (unpaired) electrons. The zero-order valence-electron chi connectivity index (χ0n) is 8.95. The number of rotatable bonds is 4. The molecule has 0 aromatic carbocycles. The molecule has 3 heteroatoms. The van der Waals surface area contributed by atoms with Crippen molar-refractivity contribution in [1.29, 1.82) is 0 Å². The van der Waals surface area contributed by atoms with E-state index in [0.717, 1.165) is 12.1 Å². The second-order valence-electron chi connectivity index (χ2n) is 3.68. The van der Waals surface area contributed by atoms with E-state index in [1.807, 2.05) is 6.92 Å². The van der Waals surface area contributed by atoms with Gasteiger partial charge in [-0.3, -0.25) is 9.78 Å². The van der Waals surface area contributed by atoms with Crippen molar-refractivity contribution in [2.75, 3.05) is 0 Å². The molecule has 0 saturated heterocycles. The molecule has 0 fully saturated rings. The van der Waals surface area contributed by atoms with Crippen LogP contribution < -0.4 is 0 Å². The summed E-state index contributed by atoms with van der Waals surface area (Å²) in [6.07, 6.45) is 4.77. The van der Waals surface area contributed by atoms with Crippen LogP contribution in [0, 0.1) is 12.8 Å². The molecule has 1 aromatic heterocycles. The molecule has 0 aliphatic heterocycles. The van der Waals surface area contributed by atoms with E-state index in [-0.39, 0.29) is 5.78 Å². The van der Waals surface area contributed by atoms with Gasteiger partial charge in [-0.15, -0.1) is 0 Å². The minimum atomic E-state index is 0.0897. The van der Waals surface area contributed by atoms with Gasteiger partial charge in [0.25, 0.3) is 0 Å². The van der Waals surface area contributed by atoms with Crippen LogP contribution in [0.15, 0.2) is 12.4 Å². The van der Waals surface area contributed by atoms with E-state index in [1.165, 1.54) is 0 Å². The number of carbonyl (C=O) groups excluding carboxylic acids is 1. The first kappa shape index (κ1) is 10.8. The van der Waals surface area contributed by atoms with Gasteiger partial charge in [-0.05, 0) is 12.8 Å². The minimum Gasteiger partial charge on any atom is -0.292 e. The molecule has 1 aromatic rings. The molecule has 1 rings (SSSR count). The average Bonchev–Trinajstić information content (AvgIpc) is 2.18. The third kappa shape index (κ3) is 2.91. The van der Waals surface area contributed by atoms with Crippen LogP contribution in [-0.2, 0) is 0 Å². The predicted molar refractivity (Wildman–Crippen MR) is 55.2 cm³/mol. The molecule has 0 aliphatic carbocycles. The van der Waals surface area contributed by atoms with E-state index in [4.69, 9.17) is 0 Å². The standard InChI is InChI=1S/C11H16N2O/c1-4-8(2)5-11(14)10-7-12-9(3)6-13-10/h6-8H,4-5H2,1-3H3. The Balaban J connectivity index is 2.65. The van der Waals surface area contributed by atoms with Crippen LogP contribution in [-0.4, -0.2) is 15.8 Å². The number of carbonyl (C=O) groups is 1. The lowest BCUT2D eigenvalue weighted by Gasteiger charge is -2.05. The van der Waals surface area contributed by atoms with Crippen molar-refractivity contribution < 1.29 is 4.79 Å². The van der Waals surface area contributed by atoms with Gasteiger partial charge in [0.1, 0.15) is 5.69 Å². The van der Waals surface area contributed by atoms with Crippen molar-refractivity contribution in [3.8, 4) is 0 Å². The predicted octanol–water partition coefficient (Wildman–Crippen LogP) is 2.40. The van der Waals surface area contributed by atoms with Gasteiger partial charge in [0, 0.05) is 12.6 Å². The number of Topliss-reactive ketones (excluding diaryl/α,β-unsaturated/α-hetero) is 1. The summed E-state index contributed by atoms with van der Waals surface area (Å²) in [5, 5.41) is 0. The Labute approximate surface area is 84.6 Å². The van der Waals surface area contributed by atoms with Crippen LogP contribution in [0.5, 0.6) is 0 Å². The highest BCUT2D eigenvalue weighted by molar-refractivity contribution is 5.93. The van der Waals surface area contributed by atoms with Crippen LogP contribution in [0.1, 0.15) is 42.9 Å². The summed E-state index contributed by atoms with van der Waals surface area (Å²) in [4.78, 5) is 19.7. The summed E-state index contributed by atoms with van der Waals surface area (Å²) in [6, 6.07) is 0. The molecule has 0 N–H and O–H groups in total. The summed E-state index contributed by atoms with van der Waals surface area (Å²) in [5.74, 6) is 0.512. The molecule has 0 amide bonds. The van der Waals surface area contributed by atoms with Gasteiger partial charge < -0.3 is 0 Å². The first-order valence-corrected chi connectivity index (χ1v) is 4.95. The van der Waals surface area contributed by atoms with Crippen LogP contribution in [0.25, 0.3) is 0 Å². The normalized spacial score (nSPS) is 12.5. The fourth-order valence-corrected chi connectivity index (χ4v) is 1.10. The van der Waals surface area contributed by atoms with Gasteiger partial charge in [-0.1, -0.05) is 20.3 Å². The van der Waals surface area contributed by atoms with E-state index < -0.39 is 0 Å². The zero-order valence-corrected chi connectivity index (χ0v) is 8.95. The van der Waals surface area contributed by atoms with E-state index in [2.05, 4.69) is 23.8 Å². The van der Waals surface area contributed by atoms with Gasteiger partial charge in [0.2, 0.25) is 0 Å². The van der Waals surface area contributed by atoms with Crippen LogP contribution in [0.3, 0.4) is 0 Å². The van der Waals surface area contributed by atoms with E-state index in [9.17, 15) is 4.79 Å². The lowest BCUT2D eigenvalue weighted by atomic mass is 10.0. The number of aryl methyl sites for hydroxylation is 1. The Hall–Kier alpha value is -1.25. The lowest BCUT2D eigenvalue weighted by molar-refractivity contribution is 0.0958. The molecule has 0 spiro atoms. The smallest absolute Gasteiger partial charge is 0.183 e. The van der Waals surface area contributed by atoms with Crippen LogP contribution in [0.4, 0.5) is 0 Å². The molecule has 0 aliphatic rings. The largest absolute Gasteiger partial charge is 0.292 e. The molecule has 1 heterocycles. The van der Waals surface area contributed by atoms with Crippen molar-refractivity contribution in [1.82, 2.24) is 9.97 Å². The first-order valence-electron chi connectivity index (χ1n) is 4.95. The van der Waals surface area contributed by atoms with Gasteiger partial charge in [-0.25, -0.2) is 4.98 Å². The second-order valence-corrected chi connectivity index (χ2v) is 3.68. The number of hydrogen-bond acceptors (Lipinski definition) is 3. The summed E-state index contributed by atoms with van der Waals surface area (Å²) in [6.45, 7) is 6.01. The van der Waals surface area contributed by atoms with Crippen molar-refractivity contribution in [2.45, 2.75) is 33.6 Å². The van der Waals surface area contributed by atoms with Crippen molar-refractivity contribution in [2.24, 2.45) is 5.92 Å². The Morgan fingerprint density at radius 3 is 2.64 bits per heavy atom. The number of hydrogen-bond donors (Lipinski definition) is 0. The Bertz CT molecular complexity index is 306. The van der Waals surface area contributed by atoms with Gasteiger partial charge in [-0.2, -0.15) is 0 Å². The molecule has 1 atom stereocenters. The summed E-state index contributed by atoms with van der Waals surface area (Å²) < 4.78 is 0. The molecule has 1 unspecified atom stereocenters. The second kappa shape index (κ2) is 4.84. The molecular formula is C11H16N2O. The quantitative estimate of drug-likeness (QED) is 0.688. The highest BCUT2D eigenvalue weighted by Crippen LogP contribution is 2.10. The highest BCUT2D eigenvalue weighted by atomic mass is 16.1.